The predicted molar refractivity (Wildman–Crippen MR) is 109 cm³/mol. The molecule has 9 nitrogen and oxygen atoms in total. The number of ether oxygens (including phenoxy) is 2. The van der Waals surface area contributed by atoms with Gasteiger partial charge in [-0.1, -0.05) is 26.0 Å². The number of rotatable bonds is 8. The summed E-state index contributed by atoms with van der Waals surface area (Å²) in [5.74, 6) is 1.30. The molecule has 162 valence electrons. The van der Waals surface area contributed by atoms with E-state index in [4.69, 9.17) is 9.47 Å². The number of carbonyl (C=O) groups is 1. The highest BCUT2D eigenvalue weighted by atomic mass is 32.2. The molecule has 2 heterocycles. The average Bonchev–Trinajstić information content (AvgIpc) is 2.73. The summed E-state index contributed by atoms with van der Waals surface area (Å²) in [6.07, 6.45) is -0.232. The Labute approximate surface area is 172 Å². The lowest BCUT2D eigenvalue weighted by Gasteiger charge is -2.36. The van der Waals surface area contributed by atoms with Crippen molar-refractivity contribution in [1.29, 1.82) is 0 Å². The van der Waals surface area contributed by atoms with Crippen molar-refractivity contribution in [2.45, 2.75) is 20.0 Å². The number of carbonyl (C=O) groups excluding carboxylic acids is 1. The highest BCUT2D eigenvalue weighted by Crippen LogP contribution is 2.30. The summed E-state index contributed by atoms with van der Waals surface area (Å²) in [7, 11) is -3.42. The molecule has 0 spiro atoms. The Balaban J connectivity index is 1.40. The molecule has 1 fully saturated rings. The fourth-order valence-corrected chi connectivity index (χ4v) is 5.09. The number of hydrogen-bond acceptors (Lipinski definition) is 6. The molecular formula is C19H30N4O5S. The van der Waals surface area contributed by atoms with Crippen molar-refractivity contribution < 1.29 is 22.7 Å². The molecule has 1 amide bonds. The van der Waals surface area contributed by atoms with E-state index in [2.05, 4.69) is 5.32 Å². The molecule has 0 bridgehead atoms. The molecular weight excluding hydrogens is 396 g/mol. The monoisotopic (exact) mass is 426 g/mol. The molecule has 1 N–H and O–H groups in total. The maximum Gasteiger partial charge on any atom is 0.282 e. The van der Waals surface area contributed by atoms with Crippen LogP contribution < -0.4 is 14.8 Å². The van der Waals surface area contributed by atoms with Gasteiger partial charge >= 0.3 is 0 Å². The largest absolute Gasteiger partial charge is 0.486 e. The number of nitrogens with one attached hydrogen (secondary N) is 1. The first-order chi connectivity index (χ1) is 13.9. The maximum absolute atomic E-state index is 12.6. The first kappa shape index (κ1) is 21.8. The van der Waals surface area contributed by atoms with Gasteiger partial charge in [0.15, 0.2) is 11.5 Å². The highest BCUT2D eigenvalue weighted by molar-refractivity contribution is 7.86. The average molecular weight is 427 g/mol. The fraction of sp³-hybridized carbons (Fsp3) is 0.632. The van der Waals surface area contributed by atoms with Crippen molar-refractivity contribution in [1.82, 2.24) is 18.8 Å². The number of nitrogens with zero attached hydrogens (tertiary/aromatic N) is 3. The van der Waals surface area contributed by atoms with Gasteiger partial charge in [-0.2, -0.15) is 17.0 Å². The maximum atomic E-state index is 12.6. The van der Waals surface area contributed by atoms with E-state index in [0.29, 0.717) is 63.9 Å². The van der Waals surface area contributed by atoms with Crippen LogP contribution in [0.1, 0.15) is 13.8 Å². The van der Waals surface area contributed by atoms with E-state index < -0.39 is 10.2 Å². The molecule has 0 aliphatic carbocycles. The molecule has 1 atom stereocenters. The molecule has 0 saturated carbocycles. The van der Waals surface area contributed by atoms with Gasteiger partial charge in [0.1, 0.15) is 12.7 Å². The quantitative estimate of drug-likeness (QED) is 0.636. The van der Waals surface area contributed by atoms with Crippen molar-refractivity contribution >= 4 is 16.1 Å². The van der Waals surface area contributed by atoms with Crippen molar-refractivity contribution in [2.24, 2.45) is 0 Å². The van der Waals surface area contributed by atoms with E-state index in [0.717, 1.165) is 0 Å². The number of hydrogen-bond donors (Lipinski definition) is 1. The predicted octanol–water partition coefficient (Wildman–Crippen LogP) is 0.147. The second-order valence-electron chi connectivity index (χ2n) is 7.07. The SMILES string of the molecule is CCN(CC)S(=O)(=O)N1CCN(CC(=O)NCC2COc3ccccc3O2)CC1. The third kappa shape index (κ3) is 5.39. The Hall–Kier alpha value is -1.88. The molecule has 2 aliphatic rings. The summed E-state index contributed by atoms with van der Waals surface area (Å²) >= 11 is 0. The number of fused-ring (bicyclic) bond motifs is 1. The van der Waals surface area contributed by atoms with Crippen LogP contribution in [0, 0.1) is 0 Å². The van der Waals surface area contributed by atoms with E-state index >= 15 is 0 Å². The van der Waals surface area contributed by atoms with Gasteiger partial charge in [0.2, 0.25) is 5.91 Å². The summed E-state index contributed by atoms with van der Waals surface area (Å²) in [6, 6.07) is 7.46. The normalized spacial score (nSPS) is 20.6. The molecule has 1 unspecified atom stereocenters. The van der Waals surface area contributed by atoms with Gasteiger partial charge in [-0.05, 0) is 12.1 Å². The second-order valence-corrected chi connectivity index (χ2v) is 9.00. The molecule has 10 heteroatoms. The van der Waals surface area contributed by atoms with Crippen LogP contribution >= 0.6 is 0 Å². The van der Waals surface area contributed by atoms with Gasteiger partial charge in [-0.25, -0.2) is 0 Å². The lowest BCUT2D eigenvalue weighted by molar-refractivity contribution is -0.123. The van der Waals surface area contributed by atoms with Gasteiger partial charge < -0.3 is 14.8 Å². The second kappa shape index (κ2) is 9.75. The van der Waals surface area contributed by atoms with E-state index in [1.165, 1.54) is 8.61 Å². The van der Waals surface area contributed by atoms with Crippen LogP contribution in [-0.4, -0.2) is 92.9 Å². The molecule has 1 saturated heterocycles. The Morgan fingerprint density at radius 2 is 1.79 bits per heavy atom. The van der Waals surface area contributed by atoms with Crippen LogP contribution in [0.3, 0.4) is 0 Å². The topological polar surface area (TPSA) is 91.4 Å². The Morgan fingerprint density at radius 1 is 1.14 bits per heavy atom. The van der Waals surface area contributed by atoms with Crippen LogP contribution in [0.15, 0.2) is 24.3 Å². The van der Waals surface area contributed by atoms with Crippen molar-refractivity contribution in [3.05, 3.63) is 24.3 Å². The summed E-state index contributed by atoms with van der Waals surface area (Å²) in [5, 5.41) is 2.88. The van der Waals surface area contributed by atoms with Gasteiger partial charge in [-0.3, -0.25) is 9.69 Å². The third-order valence-corrected chi connectivity index (χ3v) is 7.34. The van der Waals surface area contributed by atoms with Crippen LogP contribution in [0.4, 0.5) is 0 Å². The molecule has 29 heavy (non-hydrogen) atoms. The minimum Gasteiger partial charge on any atom is -0.486 e. The van der Waals surface area contributed by atoms with Gasteiger partial charge in [-0.15, -0.1) is 0 Å². The highest BCUT2D eigenvalue weighted by Gasteiger charge is 2.31. The van der Waals surface area contributed by atoms with Gasteiger partial charge in [0.25, 0.3) is 10.2 Å². The van der Waals surface area contributed by atoms with Crippen molar-refractivity contribution in [3.63, 3.8) is 0 Å². The smallest absolute Gasteiger partial charge is 0.282 e. The minimum atomic E-state index is -3.42. The number of piperazine rings is 1. The first-order valence-corrected chi connectivity index (χ1v) is 11.5. The van der Waals surface area contributed by atoms with Gasteiger partial charge in [0, 0.05) is 39.3 Å². The van der Waals surface area contributed by atoms with Crippen LogP contribution in [-0.2, 0) is 15.0 Å². The molecule has 2 aliphatic heterocycles. The van der Waals surface area contributed by atoms with Crippen molar-refractivity contribution in [2.75, 3.05) is 59.0 Å². The zero-order valence-corrected chi connectivity index (χ0v) is 17.9. The lowest BCUT2D eigenvalue weighted by atomic mass is 10.2. The minimum absolute atomic E-state index is 0.104. The van der Waals surface area contributed by atoms with E-state index in [1.54, 1.807) is 0 Å². The Morgan fingerprint density at radius 3 is 2.45 bits per heavy atom. The standard InChI is InChI=1S/C19H30N4O5S/c1-3-22(4-2)29(25,26)23-11-9-21(10-12-23)14-19(24)20-13-16-15-27-17-7-5-6-8-18(17)28-16/h5-8,16H,3-4,9-15H2,1-2H3,(H,20,24). The van der Waals surface area contributed by atoms with Crippen LogP contribution in [0.5, 0.6) is 11.5 Å². The molecule has 1 aromatic rings. The number of amides is 1. The fourth-order valence-electron chi connectivity index (χ4n) is 3.48. The third-order valence-electron chi connectivity index (χ3n) is 5.15. The zero-order chi connectivity index (χ0) is 20.9. The Kier molecular flexibility index (Phi) is 7.33. The molecule has 0 radical (unpaired) electrons. The molecule has 0 aromatic heterocycles. The summed E-state index contributed by atoms with van der Waals surface area (Å²) in [5.41, 5.74) is 0. The summed E-state index contributed by atoms with van der Waals surface area (Å²) < 4.78 is 39.6. The Bertz CT molecular complexity index is 792. The lowest BCUT2D eigenvalue weighted by Crippen LogP contribution is -2.54. The van der Waals surface area contributed by atoms with E-state index in [9.17, 15) is 13.2 Å². The number of para-hydroxylation sites is 2. The van der Waals surface area contributed by atoms with Crippen LogP contribution in [0.25, 0.3) is 0 Å². The summed E-state index contributed by atoms with van der Waals surface area (Å²) in [4.78, 5) is 14.3. The zero-order valence-electron chi connectivity index (χ0n) is 17.0. The molecule has 1 aromatic carbocycles. The van der Waals surface area contributed by atoms with Crippen LogP contribution in [0.2, 0.25) is 0 Å². The molecule has 3 rings (SSSR count). The first-order valence-electron chi connectivity index (χ1n) is 10.1. The summed E-state index contributed by atoms with van der Waals surface area (Å²) in [6.45, 7) is 7.42. The van der Waals surface area contributed by atoms with E-state index in [-0.39, 0.29) is 18.6 Å². The van der Waals surface area contributed by atoms with E-state index in [1.807, 2.05) is 43.0 Å². The van der Waals surface area contributed by atoms with Gasteiger partial charge in [0.05, 0.1) is 13.1 Å². The number of benzene rings is 1. The van der Waals surface area contributed by atoms with Crippen molar-refractivity contribution in [3.8, 4) is 11.5 Å².